The number of nitro groups is 2. The molecule has 0 radical (unpaired) electrons. The summed E-state index contributed by atoms with van der Waals surface area (Å²) in [6.07, 6.45) is 1.11. The number of aromatic nitrogens is 2. The number of non-ortho nitro benzene ring substituents is 2. The minimum absolute atomic E-state index is 0.00709. The number of hydrogen-bond donors (Lipinski definition) is 1. The Hall–Kier alpha value is -5.13. The average molecular weight is 461 g/mol. The van der Waals surface area contributed by atoms with E-state index in [2.05, 4.69) is 10.1 Å². The number of para-hydroxylation sites is 1. The van der Waals surface area contributed by atoms with E-state index in [1.54, 1.807) is 18.2 Å². The van der Waals surface area contributed by atoms with Gasteiger partial charge in [-0.05, 0) is 35.9 Å². The molecule has 170 valence electrons. The number of benzene rings is 3. The number of ether oxygens (including phenoxy) is 1. The summed E-state index contributed by atoms with van der Waals surface area (Å²) in [5, 5.41) is 26.2. The zero-order valence-electron chi connectivity index (χ0n) is 17.3. The second kappa shape index (κ2) is 9.16. The van der Waals surface area contributed by atoms with Gasteiger partial charge in [0.15, 0.2) is 0 Å². The van der Waals surface area contributed by atoms with Crippen LogP contribution >= 0.6 is 0 Å². The Morgan fingerprint density at radius 2 is 1.62 bits per heavy atom. The van der Waals surface area contributed by atoms with Crippen molar-refractivity contribution >= 4 is 28.5 Å². The predicted octanol–water partition coefficient (Wildman–Crippen LogP) is 2.97. The monoisotopic (exact) mass is 461 g/mol. The largest absolute Gasteiger partial charge is 0.488 e. The molecule has 12 heteroatoms. The molecule has 0 spiro atoms. The lowest BCUT2D eigenvalue weighted by Gasteiger charge is -2.09. The van der Waals surface area contributed by atoms with Crippen molar-refractivity contribution in [2.45, 2.75) is 6.61 Å². The summed E-state index contributed by atoms with van der Waals surface area (Å²) in [5.41, 5.74) is -0.633. The van der Waals surface area contributed by atoms with E-state index in [1.807, 2.05) is 0 Å². The molecule has 0 saturated carbocycles. The van der Waals surface area contributed by atoms with Crippen LogP contribution < -0.4 is 16.0 Å². The third kappa shape index (κ3) is 4.55. The molecule has 4 aromatic rings. The first-order chi connectivity index (χ1) is 16.3. The highest BCUT2D eigenvalue weighted by Gasteiger charge is 2.13. The van der Waals surface area contributed by atoms with Gasteiger partial charge in [0.1, 0.15) is 12.4 Å². The number of fused-ring (bicyclic) bond motifs is 1. The Morgan fingerprint density at radius 1 is 0.941 bits per heavy atom. The molecule has 0 fully saturated rings. The van der Waals surface area contributed by atoms with Crippen LogP contribution in [0.25, 0.3) is 10.9 Å². The van der Waals surface area contributed by atoms with Gasteiger partial charge in [0.25, 0.3) is 16.9 Å². The normalized spacial score (nSPS) is 11.1. The lowest BCUT2D eigenvalue weighted by atomic mass is 10.2. The Kier molecular flexibility index (Phi) is 5.95. The topological polar surface area (TPSA) is 163 Å². The van der Waals surface area contributed by atoms with Crippen molar-refractivity contribution in [1.29, 1.82) is 0 Å². The number of rotatable bonds is 7. The molecule has 1 aromatic heterocycles. The maximum absolute atomic E-state index is 12.7. The fourth-order valence-electron chi connectivity index (χ4n) is 3.13. The maximum Gasteiger partial charge on any atom is 0.349 e. The van der Waals surface area contributed by atoms with E-state index in [9.17, 15) is 29.8 Å². The standard InChI is InChI=1S/C22H15N5O7/c28-21-18-3-1-2-4-19(18)24-22(29)25(21)23-12-15-11-17(27(32)33)9-10-20(15)34-13-14-5-7-16(8-6-14)26(30)31/h1-12H,13H2,(H,24,29). The molecule has 0 aliphatic heterocycles. The zero-order valence-corrected chi connectivity index (χ0v) is 17.3. The highest BCUT2D eigenvalue weighted by Crippen LogP contribution is 2.24. The van der Waals surface area contributed by atoms with Gasteiger partial charge in [-0.25, -0.2) is 4.79 Å². The maximum atomic E-state index is 12.7. The molecule has 0 saturated heterocycles. The Balaban J connectivity index is 1.67. The SMILES string of the molecule is O=c1[nH]c2ccccc2c(=O)n1N=Cc1cc([N+](=O)[O-])ccc1OCc1ccc([N+](=O)[O-])cc1. The Bertz CT molecular complexity index is 1550. The molecule has 3 aromatic carbocycles. The van der Waals surface area contributed by atoms with Crippen LogP contribution in [0.2, 0.25) is 0 Å². The molecular weight excluding hydrogens is 446 g/mol. The summed E-state index contributed by atoms with van der Waals surface area (Å²) in [6, 6.07) is 15.9. The molecule has 0 bridgehead atoms. The van der Waals surface area contributed by atoms with Crippen molar-refractivity contribution in [2.24, 2.45) is 5.10 Å². The number of hydrogen-bond acceptors (Lipinski definition) is 8. The summed E-state index contributed by atoms with van der Waals surface area (Å²) in [4.78, 5) is 48.4. The van der Waals surface area contributed by atoms with E-state index >= 15 is 0 Å². The van der Waals surface area contributed by atoms with Crippen molar-refractivity contribution < 1.29 is 14.6 Å². The van der Waals surface area contributed by atoms with Crippen LogP contribution in [-0.4, -0.2) is 25.7 Å². The predicted molar refractivity (Wildman–Crippen MR) is 122 cm³/mol. The number of H-pyrrole nitrogens is 1. The molecule has 4 rings (SSSR count). The van der Waals surface area contributed by atoms with E-state index in [4.69, 9.17) is 4.74 Å². The van der Waals surface area contributed by atoms with Crippen LogP contribution in [0.15, 0.2) is 81.4 Å². The molecule has 0 unspecified atom stereocenters. The second-order valence-electron chi connectivity index (χ2n) is 7.03. The summed E-state index contributed by atoms with van der Waals surface area (Å²) in [5.74, 6) is 0.193. The average Bonchev–Trinajstić information content (AvgIpc) is 2.83. The van der Waals surface area contributed by atoms with Crippen molar-refractivity contribution in [1.82, 2.24) is 9.66 Å². The molecular formula is C22H15N5O7. The van der Waals surface area contributed by atoms with Gasteiger partial charge in [-0.15, -0.1) is 4.68 Å². The minimum atomic E-state index is -0.779. The summed E-state index contributed by atoms with van der Waals surface area (Å²) >= 11 is 0. The van der Waals surface area contributed by atoms with E-state index in [-0.39, 0.29) is 34.7 Å². The first-order valence-electron chi connectivity index (χ1n) is 9.76. The van der Waals surface area contributed by atoms with Gasteiger partial charge in [0, 0.05) is 29.8 Å². The zero-order chi connectivity index (χ0) is 24.2. The van der Waals surface area contributed by atoms with Gasteiger partial charge in [0.2, 0.25) is 0 Å². The van der Waals surface area contributed by atoms with Crippen LogP contribution in [0.4, 0.5) is 11.4 Å². The lowest BCUT2D eigenvalue weighted by Crippen LogP contribution is -2.32. The van der Waals surface area contributed by atoms with Crippen LogP contribution in [-0.2, 0) is 6.61 Å². The van der Waals surface area contributed by atoms with Gasteiger partial charge in [-0.3, -0.25) is 25.0 Å². The summed E-state index contributed by atoms with van der Waals surface area (Å²) in [6.45, 7) is 0.00709. The number of aromatic amines is 1. The minimum Gasteiger partial charge on any atom is -0.488 e. The lowest BCUT2D eigenvalue weighted by molar-refractivity contribution is -0.385. The Labute approximate surface area is 189 Å². The molecule has 0 aliphatic rings. The molecule has 12 nitrogen and oxygen atoms in total. The smallest absolute Gasteiger partial charge is 0.349 e. The van der Waals surface area contributed by atoms with Crippen LogP contribution in [0.1, 0.15) is 11.1 Å². The van der Waals surface area contributed by atoms with E-state index in [0.29, 0.717) is 15.8 Å². The van der Waals surface area contributed by atoms with E-state index in [1.165, 1.54) is 48.5 Å². The van der Waals surface area contributed by atoms with Crippen molar-refractivity contribution in [3.8, 4) is 5.75 Å². The highest BCUT2D eigenvalue weighted by atomic mass is 16.6. The Morgan fingerprint density at radius 3 is 2.32 bits per heavy atom. The third-order valence-electron chi connectivity index (χ3n) is 4.84. The van der Waals surface area contributed by atoms with Gasteiger partial charge < -0.3 is 9.72 Å². The van der Waals surface area contributed by atoms with Crippen LogP contribution in [0.3, 0.4) is 0 Å². The van der Waals surface area contributed by atoms with Crippen molar-refractivity contribution in [2.75, 3.05) is 0 Å². The van der Waals surface area contributed by atoms with E-state index < -0.39 is 21.1 Å². The second-order valence-corrected chi connectivity index (χ2v) is 7.03. The highest BCUT2D eigenvalue weighted by molar-refractivity contribution is 5.85. The van der Waals surface area contributed by atoms with Gasteiger partial charge in [0.05, 0.1) is 27.0 Å². The number of nitro benzene ring substituents is 2. The summed E-state index contributed by atoms with van der Waals surface area (Å²) in [7, 11) is 0. The molecule has 34 heavy (non-hydrogen) atoms. The van der Waals surface area contributed by atoms with Gasteiger partial charge in [-0.2, -0.15) is 5.10 Å². The molecule has 0 aliphatic carbocycles. The first kappa shape index (κ1) is 22.1. The van der Waals surface area contributed by atoms with Crippen LogP contribution in [0.5, 0.6) is 5.75 Å². The van der Waals surface area contributed by atoms with E-state index in [0.717, 1.165) is 6.21 Å². The van der Waals surface area contributed by atoms with Gasteiger partial charge in [-0.1, -0.05) is 12.1 Å². The third-order valence-corrected chi connectivity index (χ3v) is 4.84. The van der Waals surface area contributed by atoms with Crippen molar-refractivity contribution in [3.63, 3.8) is 0 Å². The number of nitrogens with zero attached hydrogens (tertiary/aromatic N) is 4. The van der Waals surface area contributed by atoms with Gasteiger partial charge >= 0.3 is 5.69 Å². The number of nitrogens with one attached hydrogen (secondary N) is 1. The molecule has 0 amide bonds. The molecule has 1 heterocycles. The first-order valence-corrected chi connectivity index (χ1v) is 9.76. The molecule has 0 atom stereocenters. The van der Waals surface area contributed by atoms with Crippen LogP contribution in [0, 0.1) is 20.2 Å². The fourth-order valence-corrected chi connectivity index (χ4v) is 3.13. The fraction of sp³-hybridized carbons (Fsp3) is 0.0455. The van der Waals surface area contributed by atoms with Crippen molar-refractivity contribution in [3.05, 3.63) is 119 Å². The summed E-state index contributed by atoms with van der Waals surface area (Å²) < 4.78 is 6.33. The molecule has 1 N–H and O–H groups in total. The quantitative estimate of drug-likeness (QED) is 0.251.